The molecule has 27 heavy (non-hydrogen) atoms. The molecule has 2 rings (SSSR count). The highest BCUT2D eigenvalue weighted by atomic mass is 16.2. The van der Waals surface area contributed by atoms with Gasteiger partial charge in [0, 0.05) is 24.7 Å². The summed E-state index contributed by atoms with van der Waals surface area (Å²) >= 11 is 0. The minimum Gasteiger partial charge on any atom is -0.336 e. The van der Waals surface area contributed by atoms with Gasteiger partial charge in [-0.2, -0.15) is 5.10 Å². The van der Waals surface area contributed by atoms with E-state index < -0.39 is 0 Å². The first-order valence-corrected chi connectivity index (χ1v) is 10.1. The number of urea groups is 1. The second kappa shape index (κ2) is 9.88. The Labute approximate surface area is 164 Å². The number of hydrogen-bond acceptors (Lipinski definition) is 3. The maximum atomic E-state index is 12.7. The Kier molecular flexibility index (Phi) is 7.84. The molecule has 1 N–H and O–H groups in total. The number of amides is 2. The third kappa shape index (κ3) is 6.65. The third-order valence-electron chi connectivity index (χ3n) is 4.94. The first kappa shape index (κ1) is 21.4. The maximum absolute atomic E-state index is 12.7. The quantitative estimate of drug-likeness (QED) is 0.656. The fourth-order valence-electron chi connectivity index (χ4n) is 3.75. The van der Waals surface area contributed by atoms with Crippen LogP contribution < -0.4 is 5.32 Å². The largest absolute Gasteiger partial charge is 0.337 e. The predicted octanol–water partition coefficient (Wildman–Crippen LogP) is 4.32. The van der Waals surface area contributed by atoms with Crippen molar-refractivity contribution < 1.29 is 4.79 Å². The van der Waals surface area contributed by atoms with Gasteiger partial charge in [-0.3, -0.25) is 0 Å². The number of hydrazone groups is 1. The summed E-state index contributed by atoms with van der Waals surface area (Å²) in [5.41, 5.74) is 2.40. The first-order valence-electron chi connectivity index (χ1n) is 10.1. The van der Waals surface area contributed by atoms with Crippen LogP contribution in [0.1, 0.15) is 57.9 Å². The fourth-order valence-corrected chi connectivity index (χ4v) is 3.75. The zero-order valence-electron chi connectivity index (χ0n) is 17.7. The Bertz CT molecular complexity index is 624. The molecule has 0 bridgehead atoms. The SMILES string of the molecule is CCCCCC1=NN(C(=O)NCC(C)(C)CN(C)C)CC1c1ccccc1. The molecule has 0 fully saturated rings. The molecule has 5 heteroatoms. The lowest BCUT2D eigenvalue weighted by Crippen LogP contribution is -2.44. The van der Waals surface area contributed by atoms with Gasteiger partial charge in [-0.15, -0.1) is 0 Å². The van der Waals surface area contributed by atoms with Crippen LogP contribution in [-0.4, -0.2) is 55.4 Å². The number of benzene rings is 1. The number of carbonyl (C=O) groups is 1. The third-order valence-corrected chi connectivity index (χ3v) is 4.94. The van der Waals surface area contributed by atoms with Crippen molar-refractivity contribution in [1.29, 1.82) is 0 Å². The van der Waals surface area contributed by atoms with Gasteiger partial charge in [0.05, 0.1) is 6.54 Å². The van der Waals surface area contributed by atoms with Crippen LogP contribution in [0.3, 0.4) is 0 Å². The van der Waals surface area contributed by atoms with Gasteiger partial charge < -0.3 is 10.2 Å². The molecule has 1 aromatic rings. The molecule has 1 aromatic carbocycles. The molecule has 1 aliphatic heterocycles. The molecular weight excluding hydrogens is 336 g/mol. The van der Waals surface area contributed by atoms with E-state index in [1.807, 2.05) is 6.07 Å². The summed E-state index contributed by atoms with van der Waals surface area (Å²) in [6.45, 7) is 8.74. The summed E-state index contributed by atoms with van der Waals surface area (Å²) in [6, 6.07) is 10.3. The molecule has 0 radical (unpaired) electrons. The van der Waals surface area contributed by atoms with Gasteiger partial charge in [0.2, 0.25) is 0 Å². The Hall–Kier alpha value is -1.88. The average molecular weight is 373 g/mol. The standard InChI is InChI=1S/C22H36N4O/c1-6-7-9-14-20-19(18-12-10-8-11-13-18)15-26(24-20)21(27)23-16-22(2,3)17-25(4)5/h8,10-13,19H,6-7,9,14-17H2,1-5H3,(H,23,27). The minimum atomic E-state index is -0.0896. The summed E-state index contributed by atoms with van der Waals surface area (Å²) in [7, 11) is 4.11. The second-order valence-corrected chi connectivity index (χ2v) is 8.65. The monoisotopic (exact) mass is 372 g/mol. The van der Waals surface area contributed by atoms with E-state index in [2.05, 4.69) is 69.3 Å². The predicted molar refractivity (Wildman–Crippen MR) is 113 cm³/mol. The highest BCUT2D eigenvalue weighted by Crippen LogP contribution is 2.28. The summed E-state index contributed by atoms with van der Waals surface area (Å²) in [5, 5.41) is 9.42. The van der Waals surface area contributed by atoms with E-state index in [0.29, 0.717) is 13.1 Å². The molecule has 0 saturated heterocycles. The van der Waals surface area contributed by atoms with Crippen molar-refractivity contribution in [1.82, 2.24) is 15.2 Å². The van der Waals surface area contributed by atoms with E-state index in [1.54, 1.807) is 5.01 Å². The van der Waals surface area contributed by atoms with Gasteiger partial charge in [-0.05, 0) is 37.9 Å². The van der Waals surface area contributed by atoms with Crippen LogP contribution >= 0.6 is 0 Å². The Morgan fingerprint density at radius 2 is 1.96 bits per heavy atom. The van der Waals surface area contributed by atoms with Crippen molar-refractivity contribution in [2.24, 2.45) is 10.5 Å². The minimum absolute atomic E-state index is 0.0192. The van der Waals surface area contributed by atoms with Gasteiger partial charge in [-0.25, -0.2) is 9.80 Å². The number of nitrogens with one attached hydrogen (secondary N) is 1. The van der Waals surface area contributed by atoms with Crippen LogP contribution in [0.5, 0.6) is 0 Å². The van der Waals surface area contributed by atoms with Crippen LogP contribution in [0.15, 0.2) is 35.4 Å². The molecule has 1 atom stereocenters. The van der Waals surface area contributed by atoms with E-state index in [-0.39, 0.29) is 17.4 Å². The lowest BCUT2D eigenvalue weighted by molar-refractivity contribution is 0.189. The molecular formula is C22H36N4O. The first-order chi connectivity index (χ1) is 12.8. The van der Waals surface area contributed by atoms with Gasteiger partial charge in [0.1, 0.15) is 0 Å². The van der Waals surface area contributed by atoms with Crippen LogP contribution in [0.4, 0.5) is 4.79 Å². The van der Waals surface area contributed by atoms with E-state index in [9.17, 15) is 4.79 Å². The number of rotatable bonds is 9. The van der Waals surface area contributed by atoms with Crippen molar-refractivity contribution in [3.8, 4) is 0 Å². The van der Waals surface area contributed by atoms with Crippen LogP contribution in [0.25, 0.3) is 0 Å². The summed E-state index contributed by atoms with van der Waals surface area (Å²) < 4.78 is 0. The highest BCUT2D eigenvalue weighted by Gasteiger charge is 2.31. The average Bonchev–Trinajstić information content (AvgIpc) is 3.04. The summed E-state index contributed by atoms with van der Waals surface area (Å²) in [4.78, 5) is 14.9. The van der Waals surface area contributed by atoms with E-state index >= 15 is 0 Å². The molecule has 150 valence electrons. The van der Waals surface area contributed by atoms with Crippen LogP contribution in [0.2, 0.25) is 0 Å². The topological polar surface area (TPSA) is 47.9 Å². The van der Waals surface area contributed by atoms with Gasteiger partial charge in [0.25, 0.3) is 0 Å². The number of nitrogens with zero attached hydrogens (tertiary/aromatic N) is 3. The summed E-state index contributed by atoms with van der Waals surface area (Å²) in [6.07, 6.45) is 4.48. The Balaban J connectivity index is 2.02. The van der Waals surface area contributed by atoms with Gasteiger partial charge >= 0.3 is 6.03 Å². The van der Waals surface area contributed by atoms with E-state index in [0.717, 1.165) is 25.1 Å². The molecule has 5 nitrogen and oxygen atoms in total. The van der Waals surface area contributed by atoms with Gasteiger partial charge in [0.15, 0.2) is 0 Å². The van der Waals surface area contributed by atoms with Gasteiger partial charge in [-0.1, -0.05) is 63.9 Å². The van der Waals surface area contributed by atoms with Crippen molar-refractivity contribution in [3.63, 3.8) is 0 Å². The van der Waals surface area contributed by atoms with Crippen LogP contribution in [-0.2, 0) is 0 Å². The normalized spacial score (nSPS) is 17.3. The smallest absolute Gasteiger partial charge is 0.336 e. The van der Waals surface area contributed by atoms with E-state index in [1.165, 1.54) is 18.4 Å². The molecule has 0 saturated carbocycles. The number of carbonyl (C=O) groups excluding carboxylic acids is 1. The molecule has 0 aromatic heterocycles. The zero-order valence-corrected chi connectivity index (χ0v) is 17.7. The van der Waals surface area contributed by atoms with E-state index in [4.69, 9.17) is 5.10 Å². The molecule has 1 heterocycles. The molecule has 0 aliphatic carbocycles. The van der Waals surface area contributed by atoms with Crippen molar-refractivity contribution in [3.05, 3.63) is 35.9 Å². The van der Waals surface area contributed by atoms with Crippen molar-refractivity contribution in [2.75, 3.05) is 33.7 Å². The molecule has 2 amide bonds. The zero-order chi connectivity index (χ0) is 19.9. The van der Waals surface area contributed by atoms with Crippen LogP contribution in [0, 0.1) is 5.41 Å². The molecule has 0 spiro atoms. The fraction of sp³-hybridized carbons (Fsp3) is 0.636. The Morgan fingerprint density at radius 1 is 1.26 bits per heavy atom. The summed E-state index contributed by atoms with van der Waals surface area (Å²) in [5.74, 6) is 0.212. The highest BCUT2D eigenvalue weighted by molar-refractivity contribution is 5.94. The Morgan fingerprint density at radius 3 is 2.59 bits per heavy atom. The maximum Gasteiger partial charge on any atom is 0.337 e. The second-order valence-electron chi connectivity index (χ2n) is 8.65. The molecule has 1 aliphatic rings. The van der Waals surface area contributed by atoms with Crippen molar-refractivity contribution in [2.45, 2.75) is 52.4 Å². The molecule has 1 unspecified atom stereocenters. The number of unbranched alkanes of at least 4 members (excludes halogenated alkanes) is 2. The van der Waals surface area contributed by atoms with Crippen molar-refractivity contribution >= 4 is 11.7 Å². The lowest BCUT2D eigenvalue weighted by Gasteiger charge is -2.29. The number of hydrogen-bond donors (Lipinski definition) is 1. The lowest BCUT2D eigenvalue weighted by atomic mass is 9.92.